The van der Waals surface area contributed by atoms with Crippen LogP contribution in [0.1, 0.15) is 51.5 Å². The van der Waals surface area contributed by atoms with Crippen LogP contribution in [0.5, 0.6) is 0 Å². The zero-order valence-corrected chi connectivity index (χ0v) is 16.3. The molecule has 0 bridgehead atoms. The molecule has 0 saturated carbocycles. The quantitative estimate of drug-likeness (QED) is 0.552. The van der Waals surface area contributed by atoms with Gasteiger partial charge in [-0.2, -0.15) is 0 Å². The first kappa shape index (κ1) is 19.4. The van der Waals surface area contributed by atoms with Crippen LogP contribution in [0.15, 0.2) is 53.6 Å². The second-order valence-electron chi connectivity index (χ2n) is 7.67. The summed E-state index contributed by atoms with van der Waals surface area (Å²) in [6, 6.07) is 10.5. The average Bonchev–Trinajstić information content (AvgIpc) is 2.95. The Morgan fingerprint density at radius 3 is 2.78 bits per heavy atom. The van der Waals surface area contributed by atoms with Crippen molar-refractivity contribution in [3.8, 4) is 0 Å². The number of esters is 1. The molecule has 0 unspecified atom stereocenters. The lowest BCUT2D eigenvalue weighted by molar-refractivity contribution is -0.137. The highest BCUT2D eigenvalue weighted by atomic mass is 16.5. The Bertz CT molecular complexity index is 735. The van der Waals surface area contributed by atoms with Crippen molar-refractivity contribution in [2.75, 3.05) is 6.61 Å². The molecule has 1 aliphatic carbocycles. The van der Waals surface area contributed by atoms with Gasteiger partial charge in [0.25, 0.3) is 0 Å². The number of hydrogen-bond donors (Lipinski definition) is 0. The van der Waals surface area contributed by atoms with E-state index in [0.717, 1.165) is 31.3 Å². The number of hydrogen-bond acceptors (Lipinski definition) is 3. The largest absolute Gasteiger partial charge is 0.463 e. The Balaban J connectivity index is 1.65. The Morgan fingerprint density at radius 2 is 2.04 bits per heavy atom. The SMILES string of the molecule is CCOC(=O)/C=C1\C=C(C)C[C@H](C[C@@H]2CCC(=O)N2Cc2ccccc2)C1. The first-order chi connectivity index (χ1) is 13.0. The minimum absolute atomic E-state index is 0.259. The van der Waals surface area contributed by atoms with Crippen molar-refractivity contribution in [2.45, 2.75) is 58.5 Å². The normalized spacial score (nSPS) is 24.2. The highest BCUT2D eigenvalue weighted by Crippen LogP contribution is 2.35. The minimum atomic E-state index is -0.265. The fourth-order valence-electron chi connectivity index (χ4n) is 4.32. The standard InChI is InChI=1S/C23H29NO3/c1-3-27-23(26)15-20-12-17(2)11-19(13-20)14-21-9-10-22(25)24(21)16-18-7-5-4-6-8-18/h4-8,12,15,19,21H,3,9-11,13-14,16H2,1-2H3/b20-15+/t19-,21-/m0/s1. The number of allylic oxidation sites excluding steroid dienone is 3. The summed E-state index contributed by atoms with van der Waals surface area (Å²) in [7, 11) is 0. The molecule has 0 N–H and O–H groups in total. The van der Waals surface area contributed by atoms with E-state index in [-0.39, 0.29) is 17.9 Å². The monoisotopic (exact) mass is 367 g/mol. The zero-order valence-electron chi connectivity index (χ0n) is 16.3. The Labute approximate surface area is 161 Å². The summed E-state index contributed by atoms with van der Waals surface area (Å²) >= 11 is 0. The summed E-state index contributed by atoms with van der Waals surface area (Å²) in [5.41, 5.74) is 3.52. The average molecular weight is 367 g/mol. The number of ether oxygens (including phenoxy) is 1. The highest BCUT2D eigenvalue weighted by molar-refractivity contribution is 5.83. The van der Waals surface area contributed by atoms with E-state index < -0.39 is 0 Å². The molecule has 1 fully saturated rings. The van der Waals surface area contributed by atoms with Crippen LogP contribution in [0.25, 0.3) is 0 Å². The summed E-state index contributed by atoms with van der Waals surface area (Å²) in [5, 5.41) is 0. The van der Waals surface area contributed by atoms with E-state index in [9.17, 15) is 9.59 Å². The molecule has 1 saturated heterocycles. The molecule has 1 amide bonds. The van der Waals surface area contributed by atoms with Crippen LogP contribution in [0.2, 0.25) is 0 Å². The fraction of sp³-hybridized carbons (Fsp3) is 0.478. The van der Waals surface area contributed by atoms with Crippen LogP contribution >= 0.6 is 0 Å². The molecule has 4 nitrogen and oxygen atoms in total. The number of amides is 1. The zero-order chi connectivity index (χ0) is 19.2. The van der Waals surface area contributed by atoms with E-state index in [4.69, 9.17) is 4.74 Å². The second kappa shape index (κ2) is 9.03. The molecule has 3 rings (SSSR count). The van der Waals surface area contributed by atoms with E-state index >= 15 is 0 Å². The van der Waals surface area contributed by atoms with Gasteiger partial charge in [-0.15, -0.1) is 0 Å². The van der Waals surface area contributed by atoms with Gasteiger partial charge in [0.2, 0.25) is 5.91 Å². The third-order valence-electron chi connectivity index (χ3n) is 5.41. The molecule has 0 radical (unpaired) electrons. The predicted octanol–water partition coefficient (Wildman–Crippen LogP) is 4.41. The maximum absolute atomic E-state index is 12.4. The number of nitrogens with zero attached hydrogens (tertiary/aromatic N) is 1. The van der Waals surface area contributed by atoms with Crippen molar-refractivity contribution in [3.05, 3.63) is 59.2 Å². The molecule has 144 valence electrons. The molecular weight excluding hydrogens is 338 g/mol. The predicted molar refractivity (Wildman–Crippen MR) is 106 cm³/mol. The maximum Gasteiger partial charge on any atom is 0.331 e. The Morgan fingerprint density at radius 1 is 1.26 bits per heavy atom. The van der Waals surface area contributed by atoms with E-state index in [1.165, 1.54) is 11.1 Å². The van der Waals surface area contributed by atoms with Crippen molar-refractivity contribution >= 4 is 11.9 Å². The van der Waals surface area contributed by atoms with Gasteiger partial charge in [-0.1, -0.05) is 42.0 Å². The minimum Gasteiger partial charge on any atom is -0.463 e. The molecule has 27 heavy (non-hydrogen) atoms. The number of carbonyl (C=O) groups excluding carboxylic acids is 2. The van der Waals surface area contributed by atoms with Crippen molar-refractivity contribution in [3.63, 3.8) is 0 Å². The van der Waals surface area contributed by atoms with Gasteiger partial charge in [0.05, 0.1) is 6.61 Å². The molecule has 1 aromatic rings. The van der Waals surface area contributed by atoms with E-state index in [1.807, 2.05) is 25.1 Å². The van der Waals surface area contributed by atoms with E-state index in [1.54, 1.807) is 6.08 Å². The van der Waals surface area contributed by atoms with Crippen molar-refractivity contribution in [1.29, 1.82) is 0 Å². The molecule has 4 heteroatoms. The lowest BCUT2D eigenvalue weighted by atomic mass is 9.82. The van der Waals surface area contributed by atoms with Crippen LogP contribution in [0.4, 0.5) is 0 Å². The molecule has 1 aliphatic heterocycles. The van der Waals surface area contributed by atoms with Gasteiger partial charge in [0.1, 0.15) is 0 Å². The third kappa shape index (κ3) is 5.31. The van der Waals surface area contributed by atoms with Crippen LogP contribution in [-0.4, -0.2) is 29.4 Å². The maximum atomic E-state index is 12.4. The van der Waals surface area contributed by atoms with E-state index in [0.29, 0.717) is 25.5 Å². The lowest BCUT2D eigenvalue weighted by Crippen LogP contribution is -2.34. The third-order valence-corrected chi connectivity index (χ3v) is 5.41. The number of likely N-dealkylation sites (tertiary alicyclic amines) is 1. The van der Waals surface area contributed by atoms with Gasteiger partial charge in [-0.05, 0) is 56.6 Å². The summed E-state index contributed by atoms with van der Waals surface area (Å²) in [6.07, 6.45) is 8.20. The van der Waals surface area contributed by atoms with Gasteiger partial charge < -0.3 is 9.64 Å². The smallest absolute Gasteiger partial charge is 0.331 e. The highest BCUT2D eigenvalue weighted by Gasteiger charge is 2.33. The van der Waals surface area contributed by atoms with Crippen LogP contribution in [0.3, 0.4) is 0 Å². The molecule has 0 aromatic heterocycles. The van der Waals surface area contributed by atoms with E-state index in [2.05, 4.69) is 30.0 Å². The summed E-state index contributed by atoms with van der Waals surface area (Å²) in [6.45, 7) is 5.02. The molecule has 0 spiro atoms. The molecule has 2 atom stereocenters. The molecular formula is C23H29NO3. The van der Waals surface area contributed by atoms with Crippen molar-refractivity contribution in [2.24, 2.45) is 5.92 Å². The fourth-order valence-corrected chi connectivity index (χ4v) is 4.32. The first-order valence-corrected chi connectivity index (χ1v) is 9.93. The van der Waals surface area contributed by atoms with Crippen LogP contribution < -0.4 is 0 Å². The first-order valence-electron chi connectivity index (χ1n) is 9.93. The van der Waals surface area contributed by atoms with Gasteiger partial charge >= 0.3 is 5.97 Å². The summed E-state index contributed by atoms with van der Waals surface area (Å²) in [5.74, 6) is 0.456. The lowest BCUT2D eigenvalue weighted by Gasteiger charge is -2.30. The summed E-state index contributed by atoms with van der Waals surface area (Å²) in [4.78, 5) is 26.3. The van der Waals surface area contributed by atoms with Gasteiger partial charge in [-0.3, -0.25) is 4.79 Å². The summed E-state index contributed by atoms with van der Waals surface area (Å²) < 4.78 is 5.05. The van der Waals surface area contributed by atoms with Crippen LogP contribution in [0, 0.1) is 5.92 Å². The molecule has 1 heterocycles. The topological polar surface area (TPSA) is 46.6 Å². The van der Waals surface area contributed by atoms with Gasteiger partial charge in [-0.25, -0.2) is 4.79 Å². The van der Waals surface area contributed by atoms with Crippen molar-refractivity contribution in [1.82, 2.24) is 4.90 Å². The molecule has 1 aromatic carbocycles. The van der Waals surface area contributed by atoms with Gasteiger partial charge in [0, 0.05) is 25.1 Å². The van der Waals surface area contributed by atoms with Gasteiger partial charge in [0.15, 0.2) is 0 Å². The molecule has 2 aliphatic rings. The van der Waals surface area contributed by atoms with Crippen molar-refractivity contribution < 1.29 is 14.3 Å². The number of carbonyl (C=O) groups is 2. The Hall–Kier alpha value is -2.36. The number of benzene rings is 1. The second-order valence-corrected chi connectivity index (χ2v) is 7.67. The number of rotatable bonds is 6. The Kier molecular flexibility index (Phi) is 6.49. The van der Waals surface area contributed by atoms with Crippen LogP contribution in [-0.2, 0) is 20.9 Å².